The van der Waals surface area contributed by atoms with Gasteiger partial charge in [-0.25, -0.2) is 13.2 Å². The first-order valence-electron chi connectivity index (χ1n) is 8.91. The number of hydrogen-bond donors (Lipinski definition) is 1. The van der Waals surface area contributed by atoms with Crippen molar-refractivity contribution in [2.24, 2.45) is 0 Å². The van der Waals surface area contributed by atoms with Gasteiger partial charge in [0.05, 0.1) is 25.3 Å². The van der Waals surface area contributed by atoms with Gasteiger partial charge in [-0.1, -0.05) is 12.1 Å². The fourth-order valence-electron chi connectivity index (χ4n) is 3.53. The Morgan fingerprint density at radius 3 is 2.68 bits per heavy atom. The number of carbonyl (C=O) groups is 1. The van der Waals surface area contributed by atoms with E-state index in [1.807, 2.05) is 0 Å². The summed E-state index contributed by atoms with van der Waals surface area (Å²) in [4.78, 5) is 14.1. The number of amides is 1. The van der Waals surface area contributed by atoms with Gasteiger partial charge >= 0.3 is 0 Å². The molecule has 0 spiro atoms. The molecule has 0 bridgehead atoms. The molecule has 1 N–H and O–H groups in total. The molecule has 148 valence electrons. The second-order valence-electron chi connectivity index (χ2n) is 6.89. The molecule has 28 heavy (non-hydrogen) atoms. The average Bonchev–Trinajstić information content (AvgIpc) is 2.97. The van der Waals surface area contributed by atoms with Gasteiger partial charge in [0.25, 0.3) is 5.91 Å². The molecule has 0 aliphatic carbocycles. The zero-order valence-corrected chi connectivity index (χ0v) is 14.8. The van der Waals surface area contributed by atoms with Crippen LogP contribution in [0.4, 0.5) is 13.2 Å². The lowest BCUT2D eigenvalue weighted by molar-refractivity contribution is -0.0752. The third kappa shape index (κ3) is 3.45. The van der Waals surface area contributed by atoms with Crippen molar-refractivity contribution in [1.82, 2.24) is 4.90 Å². The van der Waals surface area contributed by atoms with Crippen LogP contribution in [-0.2, 0) is 17.8 Å². The van der Waals surface area contributed by atoms with Crippen LogP contribution in [0, 0.1) is 17.5 Å². The van der Waals surface area contributed by atoms with E-state index in [9.17, 15) is 23.1 Å². The van der Waals surface area contributed by atoms with Crippen molar-refractivity contribution in [3.63, 3.8) is 0 Å². The van der Waals surface area contributed by atoms with Crippen LogP contribution in [0.3, 0.4) is 0 Å². The maximum Gasteiger partial charge on any atom is 0.258 e. The number of aliphatic hydroxyl groups excluding tert-OH is 1. The van der Waals surface area contributed by atoms with Crippen molar-refractivity contribution in [3.8, 4) is 5.75 Å². The van der Waals surface area contributed by atoms with Crippen molar-refractivity contribution < 1.29 is 32.5 Å². The molecule has 2 aliphatic rings. The van der Waals surface area contributed by atoms with Crippen LogP contribution in [0.2, 0.25) is 0 Å². The van der Waals surface area contributed by atoms with Crippen LogP contribution in [-0.4, -0.2) is 41.3 Å². The lowest BCUT2D eigenvalue weighted by Crippen LogP contribution is -2.40. The van der Waals surface area contributed by atoms with E-state index in [2.05, 4.69) is 0 Å². The summed E-state index contributed by atoms with van der Waals surface area (Å²) in [6.07, 6.45) is -0.830. The van der Waals surface area contributed by atoms with Gasteiger partial charge in [0, 0.05) is 30.7 Å². The number of nitrogens with zero attached hydrogens (tertiary/aromatic N) is 1. The third-order valence-electron chi connectivity index (χ3n) is 4.97. The van der Waals surface area contributed by atoms with Crippen LogP contribution < -0.4 is 4.74 Å². The van der Waals surface area contributed by atoms with E-state index in [0.717, 1.165) is 0 Å². The number of ether oxygens (including phenoxy) is 2. The molecule has 5 nitrogen and oxygen atoms in total. The van der Waals surface area contributed by atoms with Gasteiger partial charge in [0.2, 0.25) is 0 Å². The van der Waals surface area contributed by atoms with E-state index < -0.39 is 35.6 Å². The summed E-state index contributed by atoms with van der Waals surface area (Å²) >= 11 is 0. The fraction of sp³-hybridized carbons (Fsp3) is 0.350. The normalized spacial score (nSPS) is 21.7. The lowest BCUT2D eigenvalue weighted by Gasteiger charge is -2.28. The Kier molecular flexibility index (Phi) is 4.99. The predicted octanol–water partition coefficient (Wildman–Crippen LogP) is 2.79. The van der Waals surface area contributed by atoms with Crippen LogP contribution >= 0.6 is 0 Å². The van der Waals surface area contributed by atoms with E-state index in [4.69, 9.17) is 9.47 Å². The average molecular weight is 393 g/mol. The number of rotatable bonds is 4. The van der Waals surface area contributed by atoms with Gasteiger partial charge in [-0.05, 0) is 11.6 Å². The van der Waals surface area contributed by atoms with E-state index >= 15 is 0 Å². The first kappa shape index (κ1) is 18.8. The highest BCUT2D eigenvalue weighted by molar-refractivity contribution is 6.01. The Balaban J connectivity index is 1.57. The SMILES string of the molecule is O=C1c2c(cccc2O[C@@H]2CCOC[C@H]2O)CN1Cc1c(F)cc(F)cc1F. The highest BCUT2D eigenvalue weighted by Crippen LogP contribution is 2.34. The summed E-state index contributed by atoms with van der Waals surface area (Å²) in [6.45, 7) is 0.422. The summed E-state index contributed by atoms with van der Waals surface area (Å²) in [5.41, 5.74) is 0.598. The van der Waals surface area contributed by atoms with Crippen molar-refractivity contribution >= 4 is 5.91 Å². The molecule has 2 atom stereocenters. The molecule has 1 fully saturated rings. The molecule has 2 aliphatic heterocycles. The molecule has 2 aromatic rings. The Hall–Kier alpha value is -2.58. The number of fused-ring (bicyclic) bond motifs is 1. The van der Waals surface area contributed by atoms with E-state index in [0.29, 0.717) is 42.0 Å². The summed E-state index contributed by atoms with van der Waals surface area (Å²) in [5.74, 6) is -3.21. The second-order valence-corrected chi connectivity index (χ2v) is 6.89. The third-order valence-corrected chi connectivity index (χ3v) is 4.97. The molecular weight excluding hydrogens is 375 g/mol. The second kappa shape index (κ2) is 7.44. The van der Waals surface area contributed by atoms with Gasteiger partial charge in [-0.15, -0.1) is 0 Å². The van der Waals surface area contributed by atoms with Gasteiger partial charge in [0.15, 0.2) is 0 Å². The molecule has 0 unspecified atom stereocenters. The topological polar surface area (TPSA) is 59.0 Å². The number of halogens is 3. The fourth-order valence-corrected chi connectivity index (χ4v) is 3.53. The number of hydrogen-bond acceptors (Lipinski definition) is 4. The van der Waals surface area contributed by atoms with Gasteiger partial charge < -0.3 is 19.5 Å². The molecule has 2 heterocycles. The Morgan fingerprint density at radius 1 is 1.21 bits per heavy atom. The first-order valence-corrected chi connectivity index (χ1v) is 8.91. The van der Waals surface area contributed by atoms with E-state index in [1.165, 1.54) is 4.90 Å². The highest BCUT2D eigenvalue weighted by Gasteiger charge is 2.34. The van der Waals surface area contributed by atoms with Crippen LogP contribution in [0.25, 0.3) is 0 Å². The monoisotopic (exact) mass is 393 g/mol. The predicted molar refractivity (Wildman–Crippen MR) is 92.2 cm³/mol. The molecule has 4 rings (SSSR count). The Labute approximate surface area is 159 Å². The number of benzene rings is 2. The first-order chi connectivity index (χ1) is 13.4. The summed E-state index contributed by atoms with van der Waals surface area (Å²) in [7, 11) is 0. The maximum atomic E-state index is 14.0. The minimum absolute atomic E-state index is 0.151. The van der Waals surface area contributed by atoms with Gasteiger partial charge in [-0.2, -0.15) is 0 Å². The largest absolute Gasteiger partial charge is 0.487 e. The Bertz CT molecular complexity index is 897. The maximum absolute atomic E-state index is 14.0. The lowest BCUT2D eigenvalue weighted by atomic mass is 10.1. The molecule has 1 amide bonds. The number of aliphatic hydroxyl groups is 1. The molecule has 2 aromatic carbocycles. The Morgan fingerprint density at radius 2 is 1.96 bits per heavy atom. The zero-order valence-electron chi connectivity index (χ0n) is 14.8. The molecule has 0 saturated carbocycles. The van der Waals surface area contributed by atoms with Crippen LogP contribution in [0.15, 0.2) is 30.3 Å². The minimum Gasteiger partial charge on any atom is -0.487 e. The van der Waals surface area contributed by atoms with Crippen molar-refractivity contribution in [3.05, 3.63) is 64.5 Å². The van der Waals surface area contributed by atoms with Crippen LogP contribution in [0.5, 0.6) is 5.75 Å². The molecule has 0 radical (unpaired) electrons. The highest BCUT2D eigenvalue weighted by atomic mass is 19.1. The smallest absolute Gasteiger partial charge is 0.258 e. The summed E-state index contributed by atoms with van der Waals surface area (Å²) in [6, 6.07) is 6.26. The molecule has 0 aromatic heterocycles. The van der Waals surface area contributed by atoms with E-state index in [-0.39, 0.29) is 25.3 Å². The van der Waals surface area contributed by atoms with Gasteiger partial charge in [-0.3, -0.25) is 4.79 Å². The zero-order chi connectivity index (χ0) is 19.8. The molecule has 8 heteroatoms. The summed E-state index contributed by atoms with van der Waals surface area (Å²) < 4.78 is 52.1. The standard InChI is InChI=1S/C20H18F3NO4/c21-12-6-14(22)13(15(23)7-12)9-24-8-11-2-1-3-18(19(11)20(24)26)28-17-4-5-27-10-16(17)25/h1-3,6-7,16-17,25H,4-5,8-10H2/t16-,17-/m1/s1. The molecular formula is C20H18F3NO4. The molecule has 1 saturated heterocycles. The number of carbonyl (C=O) groups excluding carboxylic acids is 1. The van der Waals surface area contributed by atoms with Crippen molar-refractivity contribution in [2.45, 2.75) is 31.7 Å². The quantitative estimate of drug-likeness (QED) is 0.868. The van der Waals surface area contributed by atoms with Gasteiger partial charge in [0.1, 0.15) is 35.4 Å². The van der Waals surface area contributed by atoms with Crippen LogP contribution in [0.1, 0.15) is 27.9 Å². The minimum atomic E-state index is -1.04. The van der Waals surface area contributed by atoms with Crippen molar-refractivity contribution in [1.29, 1.82) is 0 Å². The van der Waals surface area contributed by atoms with E-state index in [1.54, 1.807) is 18.2 Å². The summed E-state index contributed by atoms with van der Waals surface area (Å²) in [5, 5.41) is 10.0. The van der Waals surface area contributed by atoms with Crippen molar-refractivity contribution in [2.75, 3.05) is 13.2 Å².